The van der Waals surface area contributed by atoms with Crippen LogP contribution in [-0.4, -0.2) is 0 Å². The van der Waals surface area contributed by atoms with Crippen molar-refractivity contribution in [1.82, 2.24) is 0 Å². The van der Waals surface area contributed by atoms with Crippen molar-refractivity contribution in [2.45, 2.75) is 31.1 Å². The Morgan fingerprint density at radius 1 is 1.13 bits per heavy atom. The molecule has 1 unspecified atom stereocenters. The summed E-state index contributed by atoms with van der Waals surface area (Å²) in [6, 6.07) is 5.51. The number of halogens is 3. The van der Waals surface area contributed by atoms with E-state index in [0.717, 1.165) is 10.6 Å². The van der Waals surface area contributed by atoms with Crippen LogP contribution in [0.15, 0.2) is 18.2 Å². The van der Waals surface area contributed by atoms with Crippen molar-refractivity contribution in [3.63, 3.8) is 0 Å². The molecule has 1 atom stereocenters. The second-order valence-electron chi connectivity index (χ2n) is 4.11. The van der Waals surface area contributed by atoms with Crippen LogP contribution in [-0.2, 0) is 0 Å². The molecule has 0 spiro atoms. The van der Waals surface area contributed by atoms with Crippen molar-refractivity contribution < 1.29 is 0 Å². The molecule has 1 aliphatic carbocycles. The molecule has 3 heteroatoms. The highest BCUT2D eigenvalue weighted by Crippen LogP contribution is 2.42. The van der Waals surface area contributed by atoms with E-state index in [2.05, 4.69) is 0 Å². The molecule has 0 N–H and O–H groups in total. The van der Waals surface area contributed by atoms with Crippen LogP contribution < -0.4 is 0 Å². The van der Waals surface area contributed by atoms with E-state index in [1.165, 1.54) is 25.7 Å². The van der Waals surface area contributed by atoms with Gasteiger partial charge in [-0.05, 0) is 42.5 Å². The van der Waals surface area contributed by atoms with Gasteiger partial charge in [0.25, 0.3) is 0 Å². The second kappa shape index (κ2) is 4.95. The van der Waals surface area contributed by atoms with Crippen molar-refractivity contribution in [2.24, 2.45) is 5.92 Å². The number of benzene rings is 1. The van der Waals surface area contributed by atoms with Crippen molar-refractivity contribution in [3.8, 4) is 0 Å². The number of hydrogen-bond acceptors (Lipinski definition) is 0. The highest BCUT2D eigenvalue weighted by Gasteiger charge is 2.26. The maximum Gasteiger partial charge on any atom is 0.0628 e. The zero-order valence-electron chi connectivity index (χ0n) is 8.35. The third-order valence-corrected chi connectivity index (χ3v) is 4.24. The van der Waals surface area contributed by atoms with E-state index < -0.39 is 0 Å². The Balaban J connectivity index is 2.23. The van der Waals surface area contributed by atoms with Crippen LogP contribution in [0.2, 0.25) is 10.0 Å². The van der Waals surface area contributed by atoms with Gasteiger partial charge >= 0.3 is 0 Å². The van der Waals surface area contributed by atoms with Crippen LogP contribution in [0, 0.1) is 5.92 Å². The largest absolute Gasteiger partial charge is 0.117 e. The topological polar surface area (TPSA) is 0 Å². The minimum atomic E-state index is 0.0127. The first-order valence-corrected chi connectivity index (χ1v) is 6.47. The summed E-state index contributed by atoms with van der Waals surface area (Å²) in [6.45, 7) is 0. The van der Waals surface area contributed by atoms with Gasteiger partial charge < -0.3 is 0 Å². The molecule has 0 aromatic heterocycles. The number of hydrogen-bond donors (Lipinski definition) is 0. The van der Waals surface area contributed by atoms with E-state index in [0.29, 0.717) is 10.9 Å². The molecule has 1 aromatic rings. The van der Waals surface area contributed by atoms with E-state index in [4.69, 9.17) is 34.8 Å². The average Bonchev–Trinajstić information content (AvgIpc) is 2.74. The Kier molecular flexibility index (Phi) is 3.82. The van der Waals surface area contributed by atoms with E-state index >= 15 is 0 Å². The van der Waals surface area contributed by atoms with Crippen LogP contribution in [0.1, 0.15) is 36.6 Å². The molecule has 0 nitrogen and oxygen atoms in total. The summed E-state index contributed by atoms with van der Waals surface area (Å²) in [5.74, 6) is 0.558. The van der Waals surface area contributed by atoms with Gasteiger partial charge in [-0.3, -0.25) is 0 Å². The summed E-state index contributed by atoms with van der Waals surface area (Å²) in [5, 5.41) is 1.45. The van der Waals surface area contributed by atoms with Gasteiger partial charge in [0.2, 0.25) is 0 Å². The first kappa shape index (κ1) is 11.6. The van der Waals surface area contributed by atoms with Crippen LogP contribution in [0.5, 0.6) is 0 Å². The predicted molar refractivity (Wildman–Crippen MR) is 67.0 cm³/mol. The maximum atomic E-state index is 6.45. The summed E-state index contributed by atoms with van der Waals surface area (Å²) < 4.78 is 0. The Hall–Kier alpha value is 0.0900. The third-order valence-electron chi connectivity index (χ3n) is 3.07. The molecule has 1 saturated carbocycles. The lowest BCUT2D eigenvalue weighted by atomic mass is 9.97. The molecule has 1 fully saturated rings. The van der Waals surface area contributed by atoms with Crippen molar-refractivity contribution in [3.05, 3.63) is 33.8 Å². The molecule has 1 aromatic carbocycles. The van der Waals surface area contributed by atoms with Crippen molar-refractivity contribution in [1.29, 1.82) is 0 Å². The molecule has 82 valence electrons. The lowest BCUT2D eigenvalue weighted by molar-refractivity contribution is 0.529. The quantitative estimate of drug-likeness (QED) is 0.621. The fourth-order valence-corrected chi connectivity index (χ4v) is 3.13. The lowest BCUT2D eigenvalue weighted by Crippen LogP contribution is -2.03. The van der Waals surface area contributed by atoms with Gasteiger partial charge in [0, 0.05) is 10.0 Å². The number of rotatable bonds is 2. The summed E-state index contributed by atoms with van der Waals surface area (Å²) >= 11 is 18.5. The first-order chi connectivity index (χ1) is 7.18. The standard InChI is InChI=1S/C12H13Cl3/c13-9-5-6-11(14)10(7-9)12(15)8-3-1-2-4-8/h5-8,12H,1-4H2. The van der Waals surface area contributed by atoms with Crippen molar-refractivity contribution >= 4 is 34.8 Å². The van der Waals surface area contributed by atoms with Crippen LogP contribution in [0.4, 0.5) is 0 Å². The van der Waals surface area contributed by atoms with Crippen LogP contribution in [0.25, 0.3) is 0 Å². The maximum absolute atomic E-state index is 6.45. The summed E-state index contributed by atoms with van der Waals surface area (Å²) in [4.78, 5) is 0. The average molecular weight is 264 g/mol. The van der Waals surface area contributed by atoms with Crippen LogP contribution in [0.3, 0.4) is 0 Å². The smallest absolute Gasteiger partial charge is 0.0628 e. The predicted octanol–water partition coefficient (Wildman–Crippen LogP) is 5.46. The molecule has 0 heterocycles. The Labute approximate surface area is 106 Å². The summed E-state index contributed by atoms with van der Waals surface area (Å²) in [6.07, 6.45) is 4.98. The van der Waals surface area contributed by atoms with Gasteiger partial charge in [0.15, 0.2) is 0 Å². The minimum Gasteiger partial charge on any atom is -0.117 e. The van der Waals surface area contributed by atoms with E-state index in [1.807, 2.05) is 12.1 Å². The molecule has 0 saturated heterocycles. The fourth-order valence-electron chi connectivity index (χ4n) is 2.23. The fraction of sp³-hybridized carbons (Fsp3) is 0.500. The summed E-state index contributed by atoms with van der Waals surface area (Å²) in [7, 11) is 0. The molecule has 15 heavy (non-hydrogen) atoms. The monoisotopic (exact) mass is 262 g/mol. The second-order valence-corrected chi connectivity index (χ2v) is 5.43. The molecule has 1 aliphatic rings. The first-order valence-electron chi connectivity index (χ1n) is 5.27. The van der Waals surface area contributed by atoms with Gasteiger partial charge in [0.1, 0.15) is 0 Å². The molecule has 0 bridgehead atoms. The van der Waals surface area contributed by atoms with E-state index in [1.54, 1.807) is 6.07 Å². The Bertz CT molecular complexity index is 343. The zero-order chi connectivity index (χ0) is 10.8. The van der Waals surface area contributed by atoms with E-state index in [-0.39, 0.29) is 5.38 Å². The third kappa shape index (κ3) is 2.61. The molecule has 0 amide bonds. The Morgan fingerprint density at radius 3 is 2.47 bits per heavy atom. The summed E-state index contributed by atoms with van der Waals surface area (Å²) in [5.41, 5.74) is 0.984. The molecular formula is C12H13Cl3. The van der Waals surface area contributed by atoms with E-state index in [9.17, 15) is 0 Å². The van der Waals surface area contributed by atoms with Gasteiger partial charge in [-0.25, -0.2) is 0 Å². The van der Waals surface area contributed by atoms with Gasteiger partial charge in [-0.15, -0.1) is 11.6 Å². The van der Waals surface area contributed by atoms with Gasteiger partial charge in [0.05, 0.1) is 5.38 Å². The molecule has 0 radical (unpaired) electrons. The molecule has 2 rings (SSSR count). The zero-order valence-corrected chi connectivity index (χ0v) is 10.6. The van der Waals surface area contributed by atoms with Crippen molar-refractivity contribution in [2.75, 3.05) is 0 Å². The molecule has 0 aliphatic heterocycles. The number of alkyl halides is 1. The normalized spacial score (nSPS) is 19.4. The highest BCUT2D eigenvalue weighted by molar-refractivity contribution is 6.34. The minimum absolute atomic E-state index is 0.0127. The SMILES string of the molecule is Clc1ccc(Cl)c(C(Cl)C2CCCC2)c1. The van der Waals surface area contributed by atoms with Gasteiger partial charge in [-0.1, -0.05) is 36.0 Å². The van der Waals surface area contributed by atoms with Gasteiger partial charge in [-0.2, -0.15) is 0 Å². The molecular weight excluding hydrogens is 250 g/mol. The Morgan fingerprint density at radius 2 is 1.80 bits per heavy atom. The van der Waals surface area contributed by atoms with Crippen LogP contribution >= 0.6 is 34.8 Å². The highest BCUT2D eigenvalue weighted by atomic mass is 35.5. The lowest BCUT2D eigenvalue weighted by Gasteiger charge is -2.18.